The monoisotopic (exact) mass is 286 g/mol. The molecule has 0 bridgehead atoms. The van der Waals surface area contributed by atoms with Gasteiger partial charge in [0.25, 0.3) is 0 Å². The van der Waals surface area contributed by atoms with Crippen LogP contribution in [0.3, 0.4) is 0 Å². The number of rotatable bonds is 6. The fraction of sp³-hybridized carbons (Fsp3) is 0.417. The van der Waals surface area contributed by atoms with E-state index in [1.54, 1.807) is 35.6 Å². The zero-order valence-corrected chi connectivity index (χ0v) is 10.5. The Labute approximate surface area is 113 Å². The highest BCUT2D eigenvalue weighted by atomic mass is 19.4. The lowest BCUT2D eigenvalue weighted by atomic mass is 10.4. The number of alkyl halides is 3. The minimum absolute atomic E-state index is 0.0393. The summed E-state index contributed by atoms with van der Waals surface area (Å²) >= 11 is 0. The third-order valence-electron chi connectivity index (χ3n) is 2.46. The molecule has 2 heterocycles. The molecule has 2 aromatic heterocycles. The number of ether oxygens (including phenoxy) is 1. The molecule has 20 heavy (non-hydrogen) atoms. The molecular formula is C12H13F3N4O. The van der Waals surface area contributed by atoms with Crippen molar-refractivity contribution in [2.24, 2.45) is 0 Å². The third-order valence-corrected chi connectivity index (χ3v) is 2.46. The average molecular weight is 286 g/mol. The van der Waals surface area contributed by atoms with Crippen LogP contribution in [-0.2, 0) is 11.3 Å². The first-order valence-electron chi connectivity index (χ1n) is 5.98. The van der Waals surface area contributed by atoms with E-state index in [4.69, 9.17) is 0 Å². The SMILES string of the molecule is FC(F)(F)COCCCn1ccnc1-c1cnccn1. The Morgan fingerprint density at radius 1 is 1.15 bits per heavy atom. The zero-order chi connectivity index (χ0) is 14.4. The van der Waals surface area contributed by atoms with Crippen molar-refractivity contribution in [3.05, 3.63) is 31.0 Å². The molecule has 0 atom stereocenters. The molecule has 0 saturated heterocycles. The Hall–Kier alpha value is -1.96. The van der Waals surface area contributed by atoms with E-state index in [0.717, 1.165) is 0 Å². The summed E-state index contributed by atoms with van der Waals surface area (Å²) in [4.78, 5) is 12.2. The maximum Gasteiger partial charge on any atom is 0.411 e. The van der Waals surface area contributed by atoms with Crippen molar-refractivity contribution in [2.45, 2.75) is 19.1 Å². The number of aryl methyl sites for hydroxylation is 1. The summed E-state index contributed by atoms with van der Waals surface area (Å²) in [5.41, 5.74) is 0.619. The fourth-order valence-corrected chi connectivity index (χ4v) is 1.66. The molecule has 0 aliphatic carbocycles. The summed E-state index contributed by atoms with van der Waals surface area (Å²) in [6.45, 7) is -0.671. The molecule has 0 spiro atoms. The number of halogens is 3. The highest BCUT2D eigenvalue weighted by Crippen LogP contribution is 2.15. The van der Waals surface area contributed by atoms with Gasteiger partial charge < -0.3 is 9.30 Å². The standard InChI is InChI=1S/C12H13F3N4O/c13-12(14,15)9-20-7-1-5-19-6-4-18-11(19)10-8-16-2-3-17-10/h2-4,6,8H,1,5,7,9H2. The second-order valence-electron chi connectivity index (χ2n) is 4.06. The lowest BCUT2D eigenvalue weighted by molar-refractivity contribution is -0.174. The Bertz CT molecular complexity index is 527. The first kappa shape index (κ1) is 14.4. The summed E-state index contributed by atoms with van der Waals surface area (Å²) in [5.74, 6) is 0.633. The number of nitrogens with zero attached hydrogens (tertiary/aromatic N) is 4. The Morgan fingerprint density at radius 2 is 2.00 bits per heavy atom. The van der Waals surface area contributed by atoms with Gasteiger partial charge in [-0.3, -0.25) is 4.98 Å². The summed E-state index contributed by atoms with van der Waals surface area (Å²) in [5, 5.41) is 0. The maximum atomic E-state index is 11.9. The van der Waals surface area contributed by atoms with Gasteiger partial charge >= 0.3 is 6.18 Å². The van der Waals surface area contributed by atoms with Gasteiger partial charge in [-0.1, -0.05) is 0 Å². The van der Waals surface area contributed by atoms with Gasteiger partial charge in [-0.15, -0.1) is 0 Å². The number of hydrogen-bond donors (Lipinski definition) is 0. The Balaban J connectivity index is 1.84. The Kier molecular flexibility index (Phi) is 4.67. The van der Waals surface area contributed by atoms with E-state index in [1.807, 2.05) is 0 Å². The predicted molar refractivity (Wildman–Crippen MR) is 64.7 cm³/mol. The first-order valence-corrected chi connectivity index (χ1v) is 5.98. The molecule has 0 N–H and O–H groups in total. The smallest absolute Gasteiger partial charge is 0.372 e. The van der Waals surface area contributed by atoms with E-state index in [2.05, 4.69) is 19.7 Å². The van der Waals surface area contributed by atoms with Crippen LogP contribution in [0.2, 0.25) is 0 Å². The van der Waals surface area contributed by atoms with Crippen LogP contribution in [0.5, 0.6) is 0 Å². The average Bonchev–Trinajstić information content (AvgIpc) is 2.86. The summed E-state index contributed by atoms with van der Waals surface area (Å²) in [6.07, 6.45) is 4.23. The minimum Gasteiger partial charge on any atom is -0.372 e. The maximum absolute atomic E-state index is 11.9. The van der Waals surface area contributed by atoms with Crippen molar-refractivity contribution < 1.29 is 17.9 Å². The summed E-state index contributed by atoms with van der Waals surface area (Å²) < 4.78 is 42.0. The quantitative estimate of drug-likeness (QED) is 0.765. The van der Waals surface area contributed by atoms with Gasteiger partial charge in [-0.05, 0) is 6.42 Å². The van der Waals surface area contributed by atoms with E-state index in [1.165, 1.54) is 0 Å². The first-order chi connectivity index (χ1) is 9.56. The fourth-order valence-electron chi connectivity index (χ4n) is 1.66. The van der Waals surface area contributed by atoms with E-state index in [9.17, 15) is 13.2 Å². The highest BCUT2D eigenvalue weighted by molar-refractivity contribution is 5.47. The third kappa shape index (κ3) is 4.30. The van der Waals surface area contributed by atoms with E-state index < -0.39 is 12.8 Å². The summed E-state index contributed by atoms with van der Waals surface area (Å²) in [6, 6.07) is 0. The van der Waals surface area contributed by atoms with Crippen LogP contribution in [0.4, 0.5) is 13.2 Å². The van der Waals surface area contributed by atoms with Gasteiger partial charge in [-0.25, -0.2) is 9.97 Å². The molecule has 2 aromatic rings. The largest absolute Gasteiger partial charge is 0.411 e. The lowest BCUT2D eigenvalue weighted by Crippen LogP contribution is -2.17. The number of aromatic nitrogens is 4. The molecule has 0 radical (unpaired) electrons. The molecule has 0 saturated carbocycles. The molecule has 0 aromatic carbocycles. The van der Waals surface area contributed by atoms with Crippen LogP contribution in [0.25, 0.3) is 11.5 Å². The molecule has 2 rings (SSSR count). The van der Waals surface area contributed by atoms with Crippen molar-refractivity contribution in [1.82, 2.24) is 19.5 Å². The molecule has 108 valence electrons. The second-order valence-corrected chi connectivity index (χ2v) is 4.06. The van der Waals surface area contributed by atoms with Gasteiger partial charge in [0.15, 0.2) is 5.82 Å². The van der Waals surface area contributed by atoms with E-state index in [0.29, 0.717) is 24.5 Å². The van der Waals surface area contributed by atoms with Crippen LogP contribution in [0, 0.1) is 0 Å². The van der Waals surface area contributed by atoms with Crippen molar-refractivity contribution >= 4 is 0 Å². The van der Waals surface area contributed by atoms with Crippen LogP contribution < -0.4 is 0 Å². The molecule has 5 nitrogen and oxygen atoms in total. The molecule has 0 aliphatic rings. The number of hydrogen-bond acceptors (Lipinski definition) is 4. The van der Waals surface area contributed by atoms with Crippen molar-refractivity contribution in [3.8, 4) is 11.5 Å². The van der Waals surface area contributed by atoms with Crippen LogP contribution >= 0.6 is 0 Å². The molecule has 0 amide bonds. The minimum atomic E-state index is -4.28. The topological polar surface area (TPSA) is 52.8 Å². The van der Waals surface area contributed by atoms with Gasteiger partial charge in [0.2, 0.25) is 0 Å². The normalized spacial score (nSPS) is 11.8. The molecular weight excluding hydrogens is 273 g/mol. The zero-order valence-electron chi connectivity index (χ0n) is 10.5. The van der Waals surface area contributed by atoms with E-state index >= 15 is 0 Å². The lowest BCUT2D eigenvalue weighted by Gasteiger charge is -2.09. The van der Waals surface area contributed by atoms with Crippen LogP contribution in [0.1, 0.15) is 6.42 Å². The van der Waals surface area contributed by atoms with E-state index in [-0.39, 0.29) is 6.61 Å². The highest BCUT2D eigenvalue weighted by Gasteiger charge is 2.27. The van der Waals surface area contributed by atoms with Gasteiger partial charge in [0, 0.05) is 37.9 Å². The van der Waals surface area contributed by atoms with Crippen LogP contribution in [0.15, 0.2) is 31.0 Å². The van der Waals surface area contributed by atoms with Crippen LogP contribution in [-0.4, -0.2) is 38.9 Å². The van der Waals surface area contributed by atoms with Crippen molar-refractivity contribution in [2.75, 3.05) is 13.2 Å². The predicted octanol–water partition coefficient (Wildman–Crippen LogP) is 2.31. The molecule has 8 heteroatoms. The Morgan fingerprint density at radius 3 is 2.70 bits per heavy atom. The van der Waals surface area contributed by atoms with Crippen molar-refractivity contribution in [1.29, 1.82) is 0 Å². The molecule has 0 fully saturated rings. The molecule has 0 unspecified atom stereocenters. The second kappa shape index (κ2) is 6.47. The van der Waals surface area contributed by atoms with Gasteiger partial charge in [-0.2, -0.15) is 13.2 Å². The summed E-state index contributed by atoms with van der Waals surface area (Å²) in [7, 11) is 0. The number of imidazole rings is 1. The van der Waals surface area contributed by atoms with Crippen molar-refractivity contribution in [3.63, 3.8) is 0 Å². The molecule has 0 aliphatic heterocycles. The van der Waals surface area contributed by atoms with Gasteiger partial charge in [0.1, 0.15) is 12.3 Å². The van der Waals surface area contributed by atoms with Gasteiger partial charge in [0.05, 0.1) is 6.20 Å².